The van der Waals surface area contributed by atoms with Crippen molar-refractivity contribution in [2.75, 3.05) is 26.2 Å². The largest absolute Gasteiger partial charge is 0.330 e. The summed E-state index contributed by atoms with van der Waals surface area (Å²) in [6, 6.07) is 4.33. The number of imidazole rings is 1. The van der Waals surface area contributed by atoms with Gasteiger partial charge in [0.25, 0.3) is 0 Å². The molecule has 102 valence electrons. The lowest BCUT2D eigenvalue weighted by atomic mass is 10.2. The molecule has 2 aromatic rings. The van der Waals surface area contributed by atoms with Crippen LogP contribution in [-0.2, 0) is 13.6 Å². The average molecular weight is 323 g/mol. The first kappa shape index (κ1) is 13.1. The van der Waals surface area contributed by atoms with Gasteiger partial charge in [0, 0.05) is 37.7 Å². The number of piperazine rings is 1. The lowest BCUT2D eigenvalue weighted by Crippen LogP contribution is -2.43. The van der Waals surface area contributed by atoms with Crippen LogP contribution >= 0.6 is 15.9 Å². The second kappa shape index (κ2) is 5.23. The third kappa shape index (κ3) is 2.55. The maximum Gasteiger partial charge on any atom is 0.123 e. The zero-order chi connectivity index (χ0) is 13.4. The molecule has 0 radical (unpaired) electrons. The van der Waals surface area contributed by atoms with Crippen LogP contribution in [0.2, 0.25) is 0 Å². The average Bonchev–Trinajstić information content (AvgIpc) is 2.69. The molecule has 19 heavy (non-hydrogen) atoms. The van der Waals surface area contributed by atoms with Gasteiger partial charge in [-0.3, -0.25) is 4.90 Å². The predicted molar refractivity (Wildman–Crippen MR) is 81.3 cm³/mol. The van der Waals surface area contributed by atoms with Gasteiger partial charge in [-0.1, -0.05) is 0 Å². The second-order valence-corrected chi connectivity index (χ2v) is 6.08. The number of rotatable bonds is 2. The van der Waals surface area contributed by atoms with E-state index < -0.39 is 0 Å². The van der Waals surface area contributed by atoms with E-state index in [-0.39, 0.29) is 0 Å². The number of hydrogen-bond acceptors (Lipinski definition) is 3. The molecule has 0 unspecified atom stereocenters. The van der Waals surface area contributed by atoms with Crippen molar-refractivity contribution in [1.29, 1.82) is 0 Å². The zero-order valence-corrected chi connectivity index (χ0v) is 13.0. The standard InChI is InChI=1S/C14H19BrN4/c1-10-7-11(15)14-12(8-10)18(2)13(17-14)9-19-5-3-16-4-6-19/h7-8,16H,3-6,9H2,1-2H3. The van der Waals surface area contributed by atoms with Crippen LogP contribution in [0, 0.1) is 6.92 Å². The summed E-state index contributed by atoms with van der Waals surface area (Å²) in [4.78, 5) is 7.26. The fraction of sp³-hybridized carbons (Fsp3) is 0.500. The smallest absolute Gasteiger partial charge is 0.123 e. The summed E-state index contributed by atoms with van der Waals surface area (Å²) in [5.41, 5.74) is 3.53. The topological polar surface area (TPSA) is 33.1 Å². The summed E-state index contributed by atoms with van der Waals surface area (Å²) in [5.74, 6) is 1.14. The molecule has 4 nitrogen and oxygen atoms in total. The van der Waals surface area contributed by atoms with Crippen LogP contribution in [-0.4, -0.2) is 40.6 Å². The first-order valence-corrected chi connectivity index (χ1v) is 7.49. The Morgan fingerprint density at radius 2 is 2.05 bits per heavy atom. The quantitative estimate of drug-likeness (QED) is 0.918. The number of nitrogens with zero attached hydrogens (tertiary/aromatic N) is 3. The first-order chi connectivity index (χ1) is 9.15. The Labute approximate surface area is 121 Å². The van der Waals surface area contributed by atoms with Gasteiger partial charge in [0.05, 0.1) is 12.1 Å². The van der Waals surface area contributed by atoms with Gasteiger partial charge in [0.2, 0.25) is 0 Å². The third-order valence-corrected chi connectivity index (χ3v) is 4.36. The Bertz CT molecular complexity index is 599. The molecular weight excluding hydrogens is 304 g/mol. The Hall–Kier alpha value is -0.910. The van der Waals surface area contributed by atoms with E-state index >= 15 is 0 Å². The molecule has 2 heterocycles. The van der Waals surface area contributed by atoms with Gasteiger partial charge in [0.15, 0.2) is 0 Å². The van der Waals surface area contributed by atoms with Gasteiger partial charge in [-0.2, -0.15) is 0 Å². The summed E-state index contributed by atoms with van der Waals surface area (Å²) in [5, 5.41) is 3.38. The summed E-state index contributed by atoms with van der Waals surface area (Å²) in [6.07, 6.45) is 0. The SMILES string of the molecule is Cc1cc(Br)c2nc(CN3CCNCC3)n(C)c2c1. The minimum absolute atomic E-state index is 0.929. The first-order valence-electron chi connectivity index (χ1n) is 6.69. The van der Waals surface area contributed by atoms with Crippen molar-refractivity contribution in [2.45, 2.75) is 13.5 Å². The number of fused-ring (bicyclic) bond motifs is 1. The summed E-state index contributed by atoms with van der Waals surface area (Å²) in [6.45, 7) is 7.40. The lowest BCUT2D eigenvalue weighted by molar-refractivity contribution is 0.226. The van der Waals surface area contributed by atoms with Crippen LogP contribution in [0.4, 0.5) is 0 Å². The molecule has 1 aromatic carbocycles. The van der Waals surface area contributed by atoms with Crippen LogP contribution in [0.1, 0.15) is 11.4 Å². The number of aromatic nitrogens is 2. The van der Waals surface area contributed by atoms with Crippen molar-refractivity contribution in [3.05, 3.63) is 28.0 Å². The maximum absolute atomic E-state index is 4.80. The van der Waals surface area contributed by atoms with Gasteiger partial charge >= 0.3 is 0 Å². The number of halogens is 1. The molecule has 0 amide bonds. The second-order valence-electron chi connectivity index (χ2n) is 5.23. The summed E-state index contributed by atoms with van der Waals surface area (Å²) >= 11 is 3.62. The van der Waals surface area contributed by atoms with Crippen molar-refractivity contribution in [3.8, 4) is 0 Å². The highest BCUT2D eigenvalue weighted by Gasteiger charge is 2.15. The third-order valence-electron chi connectivity index (χ3n) is 3.75. The van der Waals surface area contributed by atoms with Crippen molar-refractivity contribution in [3.63, 3.8) is 0 Å². The highest BCUT2D eigenvalue weighted by atomic mass is 79.9. The van der Waals surface area contributed by atoms with Crippen LogP contribution in [0.3, 0.4) is 0 Å². The Morgan fingerprint density at radius 1 is 1.32 bits per heavy atom. The van der Waals surface area contributed by atoms with E-state index in [1.807, 2.05) is 0 Å². The van der Waals surface area contributed by atoms with E-state index in [2.05, 4.69) is 56.8 Å². The van der Waals surface area contributed by atoms with Crippen molar-refractivity contribution >= 4 is 27.0 Å². The fourth-order valence-electron chi connectivity index (χ4n) is 2.64. The molecule has 1 fully saturated rings. The monoisotopic (exact) mass is 322 g/mol. The van der Waals surface area contributed by atoms with E-state index in [1.165, 1.54) is 11.1 Å². The van der Waals surface area contributed by atoms with Crippen molar-refractivity contribution < 1.29 is 0 Å². The molecule has 0 atom stereocenters. The van der Waals surface area contributed by atoms with Crippen LogP contribution in [0.15, 0.2) is 16.6 Å². The molecular formula is C14H19BrN4. The van der Waals surface area contributed by atoms with E-state index in [4.69, 9.17) is 4.98 Å². The molecule has 3 rings (SSSR count). The van der Waals surface area contributed by atoms with Crippen LogP contribution in [0.25, 0.3) is 11.0 Å². The molecule has 0 saturated carbocycles. The number of nitrogens with one attached hydrogen (secondary N) is 1. The molecule has 0 aliphatic carbocycles. The van der Waals surface area contributed by atoms with Gasteiger partial charge in [-0.05, 0) is 40.5 Å². The van der Waals surface area contributed by atoms with Gasteiger partial charge in [-0.25, -0.2) is 4.98 Å². The highest BCUT2D eigenvalue weighted by molar-refractivity contribution is 9.10. The van der Waals surface area contributed by atoms with E-state index in [0.717, 1.165) is 48.5 Å². The maximum atomic E-state index is 4.80. The van der Waals surface area contributed by atoms with E-state index in [1.54, 1.807) is 0 Å². The molecule has 1 saturated heterocycles. The number of hydrogen-bond donors (Lipinski definition) is 1. The van der Waals surface area contributed by atoms with E-state index in [0.29, 0.717) is 0 Å². The fourth-order valence-corrected chi connectivity index (χ4v) is 3.29. The van der Waals surface area contributed by atoms with Gasteiger partial charge < -0.3 is 9.88 Å². The Morgan fingerprint density at radius 3 is 2.79 bits per heavy atom. The van der Waals surface area contributed by atoms with Crippen LogP contribution in [0.5, 0.6) is 0 Å². The number of aryl methyl sites for hydroxylation is 2. The molecule has 1 aromatic heterocycles. The summed E-state index contributed by atoms with van der Waals surface area (Å²) < 4.78 is 3.31. The lowest BCUT2D eigenvalue weighted by Gasteiger charge is -2.26. The van der Waals surface area contributed by atoms with Gasteiger partial charge in [0.1, 0.15) is 11.3 Å². The van der Waals surface area contributed by atoms with Crippen LogP contribution < -0.4 is 5.32 Å². The highest BCUT2D eigenvalue weighted by Crippen LogP contribution is 2.26. The number of benzene rings is 1. The molecule has 5 heteroatoms. The molecule has 1 aliphatic rings. The predicted octanol–water partition coefficient (Wildman–Crippen LogP) is 2.05. The van der Waals surface area contributed by atoms with Crippen molar-refractivity contribution in [2.24, 2.45) is 7.05 Å². The minimum Gasteiger partial charge on any atom is -0.330 e. The zero-order valence-electron chi connectivity index (χ0n) is 11.4. The van der Waals surface area contributed by atoms with Gasteiger partial charge in [-0.15, -0.1) is 0 Å². The normalized spacial score (nSPS) is 17.2. The Balaban J connectivity index is 1.95. The van der Waals surface area contributed by atoms with E-state index in [9.17, 15) is 0 Å². The molecule has 1 aliphatic heterocycles. The molecule has 1 N–H and O–H groups in total. The Kier molecular flexibility index (Phi) is 3.60. The summed E-state index contributed by atoms with van der Waals surface area (Å²) in [7, 11) is 2.11. The molecule has 0 bridgehead atoms. The molecule has 0 spiro atoms. The van der Waals surface area contributed by atoms with Crippen molar-refractivity contribution in [1.82, 2.24) is 19.8 Å². The minimum atomic E-state index is 0.929.